The highest BCUT2D eigenvalue weighted by Gasteiger charge is 2.13. The molecule has 0 bridgehead atoms. The fourth-order valence-corrected chi connectivity index (χ4v) is 2.36. The van der Waals surface area contributed by atoms with Gasteiger partial charge in [-0.2, -0.15) is 5.10 Å². The van der Waals surface area contributed by atoms with Gasteiger partial charge in [-0.15, -0.1) is 0 Å². The van der Waals surface area contributed by atoms with Gasteiger partial charge < -0.3 is 5.32 Å². The van der Waals surface area contributed by atoms with Crippen LogP contribution in [0.2, 0.25) is 0 Å². The van der Waals surface area contributed by atoms with Crippen LogP contribution in [0, 0.1) is 20.8 Å². The molecule has 3 nitrogen and oxygen atoms in total. The number of likely N-dealkylation sites (N-methyl/N-ethyl adjacent to an activating group) is 1. The molecule has 0 spiro atoms. The molecule has 96 valence electrons. The molecule has 0 radical (unpaired) electrons. The Hall–Kier alpha value is -1.61. The van der Waals surface area contributed by atoms with Gasteiger partial charge in [0.15, 0.2) is 0 Å². The van der Waals surface area contributed by atoms with Crippen LogP contribution in [0.5, 0.6) is 0 Å². The predicted molar refractivity (Wildman–Crippen MR) is 74.7 cm³/mol. The first kappa shape index (κ1) is 12.8. The SMILES string of the molecule is CNC(Cn1nc(C)cc1C)c1ccccc1C. The molecular formula is C15H21N3. The molecular weight excluding hydrogens is 222 g/mol. The van der Waals surface area contributed by atoms with E-state index < -0.39 is 0 Å². The van der Waals surface area contributed by atoms with Crippen molar-refractivity contribution in [1.82, 2.24) is 15.1 Å². The second kappa shape index (κ2) is 5.36. The van der Waals surface area contributed by atoms with Gasteiger partial charge in [-0.05, 0) is 45.0 Å². The minimum absolute atomic E-state index is 0.296. The van der Waals surface area contributed by atoms with Crippen molar-refractivity contribution < 1.29 is 0 Å². The Morgan fingerprint density at radius 1 is 1.22 bits per heavy atom. The van der Waals surface area contributed by atoms with E-state index in [1.807, 2.05) is 14.0 Å². The topological polar surface area (TPSA) is 29.9 Å². The number of aryl methyl sites for hydroxylation is 3. The Bertz CT molecular complexity index is 528. The van der Waals surface area contributed by atoms with Crippen molar-refractivity contribution in [3.05, 3.63) is 52.8 Å². The third-order valence-corrected chi connectivity index (χ3v) is 3.37. The number of aromatic nitrogens is 2. The van der Waals surface area contributed by atoms with Crippen molar-refractivity contribution in [1.29, 1.82) is 0 Å². The summed E-state index contributed by atoms with van der Waals surface area (Å²) in [5.74, 6) is 0. The molecule has 2 aromatic rings. The van der Waals surface area contributed by atoms with E-state index in [2.05, 4.69) is 59.3 Å². The minimum atomic E-state index is 0.296. The van der Waals surface area contributed by atoms with Crippen LogP contribution < -0.4 is 5.32 Å². The van der Waals surface area contributed by atoms with Crippen molar-refractivity contribution >= 4 is 0 Å². The first-order valence-corrected chi connectivity index (χ1v) is 6.35. The summed E-state index contributed by atoms with van der Waals surface area (Å²) in [4.78, 5) is 0. The van der Waals surface area contributed by atoms with E-state index in [4.69, 9.17) is 0 Å². The van der Waals surface area contributed by atoms with Crippen LogP contribution in [-0.4, -0.2) is 16.8 Å². The lowest BCUT2D eigenvalue weighted by atomic mass is 10.0. The van der Waals surface area contributed by atoms with Crippen molar-refractivity contribution in [3.8, 4) is 0 Å². The van der Waals surface area contributed by atoms with Gasteiger partial charge in [0.2, 0.25) is 0 Å². The molecule has 1 atom stereocenters. The van der Waals surface area contributed by atoms with Crippen LogP contribution in [0.15, 0.2) is 30.3 Å². The Labute approximate surface area is 109 Å². The average molecular weight is 243 g/mol. The second-order valence-corrected chi connectivity index (χ2v) is 4.81. The number of hydrogen-bond acceptors (Lipinski definition) is 2. The number of nitrogens with zero attached hydrogens (tertiary/aromatic N) is 2. The third kappa shape index (κ3) is 2.62. The van der Waals surface area contributed by atoms with E-state index in [-0.39, 0.29) is 0 Å². The Kier molecular flexibility index (Phi) is 3.82. The minimum Gasteiger partial charge on any atom is -0.311 e. The molecule has 0 aliphatic heterocycles. The van der Waals surface area contributed by atoms with Crippen LogP contribution in [0.25, 0.3) is 0 Å². The van der Waals surface area contributed by atoms with Gasteiger partial charge in [-0.25, -0.2) is 0 Å². The largest absolute Gasteiger partial charge is 0.311 e. The van der Waals surface area contributed by atoms with Gasteiger partial charge in [0.25, 0.3) is 0 Å². The number of rotatable bonds is 4. The maximum atomic E-state index is 4.53. The number of hydrogen-bond donors (Lipinski definition) is 1. The lowest BCUT2D eigenvalue weighted by Gasteiger charge is -2.19. The van der Waals surface area contributed by atoms with E-state index in [1.165, 1.54) is 16.8 Å². The third-order valence-electron chi connectivity index (χ3n) is 3.37. The summed E-state index contributed by atoms with van der Waals surface area (Å²) in [7, 11) is 2.00. The first-order chi connectivity index (χ1) is 8.61. The average Bonchev–Trinajstić information content (AvgIpc) is 2.66. The van der Waals surface area contributed by atoms with Gasteiger partial charge in [0.05, 0.1) is 18.3 Å². The van der Waals surface area contributed by atoms with E-state index >= 15 is 0 Å². The quantitative estimate of drug-likeness (QED) is 0.895. The normalized spacial score (nSPS) is 12.7. The molecule has 1 unspecified atom stereocenters. The van der Waals surface area contributed by atoms with Crippen LogP contribution >= 0.6 is 0 Å². The predicted octanol–water partition coefficient (Wildman–Crippen LogP) is 2.77. The van der Waals surface area contributed by atoms with Crippen LogP contribution in [0.3, 0.4) is 0 Å². The van der Waals surface area contributed by atoms with Crippen molar-refractivity contribution in [2.24, 2.45) is 0 Å². The fourth-order valence-electron chi connectivity index (χ4n) is 2.36. The molecule has 1 aromatic heterocycles. The lowest BCUT2D eigenvalue weighted by Crippen LogP contribution is -2.23. The van der Waals surface area contributed by atoms with E-state index in [9.17, 15) is 0 Å². The number of nitrogens with one attached hydrogen (secondary N) is 1. The Morgan fingerprint density at radius 2 is 1.94 bits per heavy atom. The second-order valence-electron chi connectivity index (χ2n) is 4.81. The summed E-state index contributed by atoms with van der Waals surface area (Å²) in [5, 5.41) is 7.91. The molecule has 0 saturated carbocycles. The molecule has 0 saturated heterocycles. The molecule has 1 aromatic carbocycles. The maximum absolute atomic E-state index is 4.53. The Balaban J connectivity index is 2.25. The van der Waals surface area contributed by atoms with Crippen LogP contribution in [0.4, 0.5) is 0 Å². The molecule has 1 heterocycles. The Morgan fingerprint density at radius 3 is 2.50 bits per heavy atom. The van der Waals surface area contributed by atoms with Gasteiger partial charge in [0, 0.05) is 5.69 Å². The summed E-state index contributed by atoms with van der Waals surface area (Å²) >= 11 is 0. The van der Waals surface area contributed by atoms with Crippen LogP contribution in [0.1, 0.15) is 28.6 Å². The summed E-state index contributed by atoms with van der Waals surface area (Å²) in [6, 6.07) is 10.9. The van der Waals surface area contributed by atoms with Gasteiger partial charge >= 0.3 is 0 Å². The van der Waals surface area contributed by atoms with Gasteiger partial charge in [-0.3, -0.25) is 4.68 Å². The van der Waals surface area contributed by atoms with Gasteiger partial charge in [-0.1, -0.05) is 24.3 Å². The van der Waals surface area contributed by atoms with Crippen LogP contribution in [-0.2, 0) is 6.54 Å². The van der Waals surface area contributed by atoms with Crippen molar-refractivity contribution in [2.45, 2.75) is 33.4 Å². The highest BCUT2D eigenvalue weighted by molar-refractivity contribution is 5.28. The molecule has 0 amide bonds. The zero-order chi connectivity index (χ0) is 13.1. The molecule has 1 N–H and O–H groups in total. The van der Waals surface area contributed by atoms with Gasteiger partial charge in [0.1, 0.15) is 0 Å². The lowest BCUT2D eigenvalue weighted by molar-refractivity contribution is 0.458. The summed E-state index contributed by atoms with van der Waals surface area (Å²) < 4.78 is 2.07. The molecule has 0 fully saturated rings. The number of benzene rings is 1. The summed E-state index contributed by atoms with van der Waals surface area (Å²) in [6.07, 6.45) is 0. The fraction of sp³-hybridized carbons (Fsp3) is 0.400. The zero-order valence-electron chi connectivity index (χ0n) is 11.6. The van der Waals surface area contributed by atoms with Crippen molar-refractivity contribution in [3.63, 3.8) is 0 Å². The highest BCUT2D eigenvalue weighted by Crippen LogP contribution is 2.19. The van der Waals surface area contributed by atoms with E-state index in [1.54, 1.807) is 0 Å². The van der Waals surface area contributed by atoms with Crippen molar-refractivity contribution in [2.75, 3.05) is 7.05 Å². The van der Waals surface area contributed by atoms with E-state index in [0.29, 0.717) is 6.04 Å². The molecule has 0 aliphatic carbocycles. The molecule has 18 heavy (non-hydrogen) atoms. The standard InChI is InChI=1S/C15H21N3/c1-11-7-5-6-8-14(11)15(16-4)10-18-13(3)9-12(2)17-18/h5-9,15-16H,10H2,1-4H3. The summed E-state index contributed by atoms with van der Waals surface area (Å²) in [6.45, 7) is 7.15. The smallest absolute Gasteiger partial charge is 0.0607 e. The maximum Gasteiger partial charge on any atom is 0.0607 e. The summed E-state index contributed by atoms with van der Waals surface area (Å²) in [5.41, 5.74) is 4.94. The highest BCUT2D eigenvalue weighted by atomic mass is 15.3. The molecule has 2 rings (SSSR count). The molecule has 0 aliphatic rings. The van der Waals surface area contributed by atoms with E-state index in [0.717, 1.165) is 12.2 Å². The molecule has 3 heteroatoms. The first-order valence-electron chi connectivity index (χ1n) is 6.35. The zero-order valence-corrected chi connectivity index (χ0v) is 11.6. The monoisotopic (exact) mass is 243 g/mol.